The molecule has 1 spiro atoms. The molecule has 1 aliphatic heterocycles. The van der Waals surface area contributed by atoms with Gasteiger partial charge < -0.3 is 19.9 Å². The molecule has 2 fully saturated rings. The van der Waals surface area contributed by atoms with Crippen molar-refractivity contribution in [1.29, 1.82) is 0 Å². The van der Waals surface area contributed by atoms with Gasteiger partial charge in [0.15, 0.2) is 11.5 Å². The molecule has 8 nitrogen and oxygen atoms in total. The molecule has 168 valence electrons. The Kier molecular flexibility index (Phi) is 4.55. The van der Waals surface area contributed by atoms with Crippen molar-refractivity contribution in [1.82, 2.24) is 24.7 Å². The third-order valence-corrected chi connectivity index (χ3v) is 6.76. The Hall–Kier alpha value is -3.59. The molecule has 1 amide bonds. The summed E-state index contributed by atoms with van der Waals surface area (Å²) in [5.74, 6) is -0.858. The summed E-state index contributed by atoms with van der Waals surface area (Å²) in [7, 11) is 0. The number of fused-ring (bicyclic) bond motifs is 2. The number of benzene rings is 1. The second-order valence-corrected chi connectivity index (χ2v) is 9.01. The molecule has 1 saturated heterocycles. The van der Waals surface area contributed by atoms with E-state index >= 15 is 0 Å². The molecule has 0 radical (unpaired) electrons. The largest absolute Gasteiger partial charge is 0.367 e. The number of amides is 1. The molecule has 9 heteroatoms. The highest BCUT2D eigenvalue weighted by Gasteiger charge is 2.40. The number of aromatic nitrogens is 4. The lowest BCUT2D eigenvalue weighted by Gasteiger charge is -2.50. The first-order valence-electron chi connectivity index (χ1n) is 11.2. The standard InChI is InChI=1S/C24H24FN7O/c1-15-12-32-13-16(11-18(25)22(32)29-15)30-23(33)17-3-4-19(21-20(17)26-7-8-27-21)31-10-9-28-24(14-31)5-2-6-24/h3-4,7-8,11-13,28H,2,5-6,9-10,14H2,1H3,(H,30,33). The Bertz CT molecular complexity index is 1390. The Morgan fingerprint density at radius 2 is 2.00 bits per heavy atom. The van der Waals surface area contributed by atoms with Gasteiger partial charge in [0.2, 0.25) is 0 Å². The molecular weight excluding hydrogens is 421 g/mol. The number of carbonyl (C=O) groups excluding carboxylic acids is 1. The van der Waals surface area contributed by atoms with Crippen molar-refractivity contribution >= 4 is 34.0 Å². The van der Waals surface area contributed by atoms with Crippen molar-refractivity contribution in [3.05, 3.63) is 60.1 Å². The van der Waals surface area contributed by atoms with Gasteiger partial charge in [-0.2, -0.15) is 0 Å². The van der Waals surface area contributed by atoms with Gasteiger partial charge in [-0.15, -0.1) is 0 Å². The van der Waals surface area contributed by atoms with E-state index in [1.54, 1.807) is 42.2 Å². The summed E-state index contributed by atoms with van der Waals surface area (Å²) in [6.45, 7) is 4.52. The molecule has 33 heavy (non-hydrogen) atoms. The zero-order valence-electron chi connectivity index (χ0n) is 18.3. The highest BCUT2D eigenvalue weighted by atomic mass is 19.1. The fourth-order valence-electron chi connectivity index (χ4n) is 5.03. The molecule has 6 rings (SSSR count). The molecular formula is C24H24FN7O. The number of halogens is 1. The number of pyridine rings is 1. The van der Waals surface area contributed by atoms with Crippen LogP contribution in [0.25, 0.3) is 16.7 Å². The summed E-state index contributed by atoms with van der Waals surface area (Å²) in [6, 6.07) is 5.01. The molecule has 0 bridgehead atoms. The Balaban J connectivity index is 1.34. The molecule has 1 saturated carbocycles. The van der Waals surface area contributed by atoms with Crippen LogP contribution in [0, 0.1) is 12.7 Å². The van der Waals surface area contributed by atoms with E-state index < -0.39 is 5.82 Å². The predicted octanol–water partition coefficient (Wildman–Crippen LogP) is 3.31. The van der Waals surface area contributed by atoms with Gasteiger partial charge in [-0.1, -0.05) is 0 Å². The maximum absolute atomic E-state index is 14.5. The summed E-state index contributed by atoms with van der Waals surface area (Å²) in [4.78, 5) is 28.7. The maximum Gasteiger partial charge on any atom is 0.257 e. The van der Waals surface area contributed by atoms with Gasteiger partial charge >= 0.3 is 0 Å². The lowest BCUT2D eigenvalue weighted by molar-refractivity contribution is 0.102. The van der Waals surface area contributed by atoms with Crippen molar-refractivity contribution in [3.8, 4) is 0 Å². The van der Waals surface area contributed by atoms with Crippen LogP contribution in [0.4, 0.5) is 15.8 Å². The van der Waals surface area contributed by atoms with Crippen LogP contribution < -0.4 is 15.5 Å². The molecule has 2 N–H and O–H groups in total. The van der Waals surface area contributed by atoms with Crippen LogP contribution in [0.2, 0.25) is 0 Å². The summed E-state index contributed by atoms with van der Waals surface area (Å²) < 4.78 is 16.0. The summed E-state index contributed by atoms with van der Waals surface area (Å²) in [5.41, 5.74) is 4.09. The van der Waals surface area contributed by atoms with Crippen molar-refractivity contribution < 1.29 is 9.18 Å². The van der Waals surface area contributed by atoms with Gasteiger partial charge in [0.1, 0.15) is 11.0 Å². The summed E-state index contributed by atoms with van der Waals surface area (Å²) in [6.07, 6.45) is 10.2. The molecule has 4 aromatic rings. The molecule has 1 aromatic carbocycles. The lowest BCUT2D eigenvalue weighted by Crippen LogP contribution is -2.64. The topological polar surface area (TPSA) is 87.5 Å². The van der Waals surface area contributed by atoms with Crippen LogP contribution in [-0.4, -0.2) is 50.4 Å². The number of nitrogens with zero attached hydrogens (tertiary/aromatic N) is 5. The van der Waals surface area contributed by atoms with E-state index in [0.29, 0.717) is 28.0 Å². The number of piperazine rings is 1. The molecule has 2 aliphatic rings. The number of imidazole rings is 1. The molecule has 1 aliphatic carbocycles. The summed E-state index contributed by atoms with van der Waals surface area (Å²) >= 11 is 0. The molecule has 0 atom stereocenters. The average Bonchev–Trinajstić information content (AvgIpc) is 3.18. The highest BCUT2D eigenvalue weighted by Crippen LogP contribution is 2.37. The van der Waals surface area contributed by atoms with Gasteiger partial charge in [-0.3, -0.25) is 14.8 Å². The van der Waals surface area contributed by atoms with Crippen LogP contribution in [0.15, 0.2) is 43.0 Å². The third kappa shape index (κ3) is 3.39. The second kappa shape index (κ2) is 7.48. The Morgan fingerprint density at radius 3 is 2.79 bits per heavy atom. The fraction of sp³-hybridized carbons (Fsp3) is 0.333. The van der Waals surface area contributed by atoms with E-state index in [4.69, 9.17) is 0 Å². The monoisotopic (exact) mass is 445 g/mol. The van der Waals surface area contributed by atoms with E-state index in [-0.39, 0.29) is 17.1 Å². The quantitative estimate of drug-likeness (QED) is 0.503. The highest BCUT2D eigenvalue weighted by molar-refractivity contribution is 6.13. The zero-order valence-corrected chi connectivity index (χ0v) is 18.3. The zero-order chi connectivity index (χ0) is 22.6. The normalized spacial score (nSPS) is 17.5. The lowest BCUT2D eigenvalue weighted by atomic mass is 9.75. The first kappa shape index (κ1) is 20.0. The van der Waals surface area contributed by atoms with Crippen LogP contribution in [-0.2, 0) is 0 Å². The molecule has 4 heterocycles. The summed E-state index contributed by atoms with van der Waals surface area (Å²) in [5, 5.41) is 6.48. The van der Waals surface area contributed by atoms with E-state index in [9.17, 15) is 9.18 Å². The first-order valence-corrected chi connectivity index (χ1v) is 11.2. The van der Waals surface area contributed by atoms with Crippen LogP contribution >= 0.6 is 0 Å². The maximum atomic E-state index is 14.5. The average molecular weight is 446 g/mol. The van der Waals surface area contributed by atoms with Gasteiger partial charge in [0.05, 0.1) is 22.6 Å². The molecule has 0 unspecified atom stereocenters. The van der Waals surface area contributed by atoms with E-state index in [2.05, 4.69) is 30.5 Å². The smallest absolute Gasteiger partial charge is 0.257 e. The van der Waals surface area contributed by atoms with Gasteiger partial charge in [0.25, 0.3) is 5.91 Å². The predicted molar refractivity (Wildman–Crippen MR) is 124 cm³/mol. The van der Waals surface area contributed by atoms with Gasteiger partial charge in [-0.05, 0) is 38.3 Å². The minimum Gasteiger partial charge on any atom is -0.367 e. The minimum absolute atomic E-state index is 0.192. The van der Waals surface area contributed by atoms with Crippen molar-refractivity contribution in [2.75, 3.05) is 29.9 Å². The third-order valence-electron chi connectivity index (χ3n) is 6.76. The fourth-order valence-corrected chi connectivity index (χ4v) is 5.03. The van der Waals surface area contributed by atoms with Crippen molar-refractivity contribution in [3.63, 3.8) is 0 Å². The van der Waals surface area contributed by atoms with Gasteiger partial charge in [0, 0.05) is 56.0 Å². The minimum atomic E-state index is -0.496. The van der Waals surface area contributed by atoms with E-state index in [1.165, 1.54) is 25.3 Å². The van der Waals surface area contributed by atoms with Crippen LogP contribution in [0.5, 0.6) is 0 Å². The second-order valence-electron chi connectivity index (χ2n) is 9.01. The van der Waals surface area contributed by atoms with E-state index in [0.717, 1.165) is 25.3 Å². The number of anilines is 2. The van der Waals surface area contributed by atoms with E-state index in [1.807, 2.05) is 6.07 Å². The molecule has 3 aromatic heterocycles. The SMILES string of the molecule is Cc1cn2cc(NC(=O)c3ccc(N4CCNC5(CCC5)C4)c4nccnc34)cc(F)c2n1. The van der Waals surface area contributed by atoms with Crippen LogP contribution in [0.3, 0.4) is 0 Å². The first-order chi connectivity index (χ1) is 16.0. The number of hydrogen-bond acceptors (Lipinski definition) is 6. The number of hydrogen-bond donors (Lipinski definition) is 2. The Morgan fingerprint density at radius 1 is 1.18 bits per heavy atom. The van der Waals surface area contributed by atoms with Crippen LogP contribution in [0.1, 0.15) is 35.3 Å². The number of nitrogens with one attached hydrogen (secondary N) is 2. The number of aryl methyl sites for hydroxylation is 1. The number of rotatable bonds is 3. The number of carbonyl (C=O) groups is 1. The van der Waals surface area contributed by atoms with Gasteiger partial charge in [-0.25, -0.2) is 9.37 Å². The Labute approximate surface area is 189 Å². The van der Waals surface area contributed by atoms with Crippen molar-refractivity contribution in [2.45, 2.75) is 31.7 Å². The van der Waals surface area contributed by atoms with Crippen molar-refractivity contribution in [2.24, 2.45) is 0 Å².